The molecule has 1 unspecified atom stereocenters. The Labute approximate surface area is 107 Å². The third kappa shape index (κ3) is 3.05. The van der Waals surface area contributed by atoms with Gasteiger partial charge in [0, 0.05) is 6.42 Å². The Morgan fingerprint density at radius 1 is 1.17 bits per heavy atom. The number of hydrogen-bond donors (Lipinski definition) is 1. The lowest BCUT2D eigenvalue weighted by molar-refractivity contribution is 0.323. The van der Waals surface area contributed by atoms with Gasteiger partial charge in [0.1, 0.15) is 5.54 Å². The van der Waals surface area contributed by atoms with Gasteiger partial charge in [-0.15, -0.1) is 0 Å². The van der Waals surface area contributed by atoms with Crippen molar-refractivity contribution >= 4 is 0 Å². The van der Waals surface area contributed by atoms with Crippen molar-refractivity contribution in [2.24, 2.45) is 5.73 Å². The molecule has 5 nitrogen and oxygen atoms in total. The molecule has 0 heterocycles. The van der Waals surface area contributed by atoms with Crippen LogP contribution in [-0.2, 0) is 6.42 Å². The standard InChI is InChI=1S/C13H18N2O3/c1-13(15,8-14)7-9-5-10(16-2)12(18-4)11(6-9)17-3/h5-6H,7,15H2,1-4H3. The minimum atomic E-state index is -0.926. The van der Waals surface area contributed by atoms with E-state index in [1.54, 1.807) is 40.4 Å². The fourth-order valence-electron chi connectivity index (χ4n) is 1.70. The van der Waals surface area contributed by atoms with Gasteiger partial charge in [-0.05, 0) is 24.6 Å². The van der Waals surface area contributed by atoms with Crippen LogP contribution >= 0.6 is 0 Å². The number of rotatable bonds is 5. The molecule has 1 aromatic rings. The van der Waals surface area contributed by atoms with E-state index in [2.05, 4.69) is 6.07 Å². The van der Waals surface area contributed by atoms with Gasteiger partial charge in [0.25, 0.3) is 0 Å². The third-order valence-corrected chi connectivity index (χ3v) is 2.55. The Morgan fingerprint density at radius 2 is 1.67 bits per heavy atom. The molecule has 0 saturated heterocycles. The topological polar surface area (TPSA) is 77.5 Å². The van der Waals surface area contributed by atoms with Gasteiger partial charge in [-0.3, -0.25) is 0 Å². The average Bonchev–Trinajstić information content (AvgIpc) is 2.37. The number of methoxy groups -OCH3 is 3. The second kappa shape index (κ2) is 5.61. The molecule has 0 aromatic heterocycles. The summed E-state index contributed by atoms with van der Waals surface area (Å²) in [7, 11) is 4.64. The van der Waals surface area contributed by atoms with Crippen LogP contribution in [0.2, 0.25) is 0 Å². The van der Waals surface area contributed by atoms with E-state index >= 15 is 0 Å². The van der Waals surface area contributed by atoms with Crippen LogP contribution in [0.1, 0.15) is 12.5 Å². The van der Waals surface area contributed by atoms with E-state index in [-0.39, 0.29) is 0 Å². The Bertz CT molecular complexity index is 439. The summed E-state index contributed by atoms with van der Waals surface area (Å²) in [4.78, 5) is 0. The summed E-state index contributed by atoms with van der Waals surface area (Å²) in [6, 6.07) is 5.65. The molecular weight excluding hydrogens is 232 g/mol. The van der Waals surface area contributed by atoms with Crippen LogP contribution in [0.5, 0.6) is 17.2 Å². The first-order valence-corrected chi connectivity index (χ1v) is 5.46. The molecule has 0 fully saturated rings. The van der Waals surface area contributed by atoms with Crippen molar-refractivity contribution < 1.29 is 14.2 Å². The van der Waals surface area contributed by atoms with Crippen LogP contribution in [0, 0.1) is 11.3 Å². The fraction of sp³-hybridized carbons (Fsp3) is 0.462. The molecule has 1 aromatic carbocycles. The molecule has 2 N–H and O–H groups in total. The third-order valence-electron chi connectivity index (χ3n) is 2.55. The maximum absolute atomic E-state index is 8.95. The summed E-state index contributed by atoms with van der Waals surface area (Å²) in [6.45, 7) is 1.68. The van der Waals surface area contributed by atoms with Crippen LogP contribution in [0.25, 0.3) is 0 Å². The molecule has 0 amide bonds. The summed E-state index contributed by atoms with van der Waals surface area (Å²) in [5, 5.41) is 8.95. The Morgan fingerprint density at radius 3 is 2.00 bits per heavy atom. The van der Waals surface area contributed by atoms with Gasteiger partial charge in [-0.2, -0.15) is 5.26 Å². The minimum Gasteiger partial charge on any atom is -0.493 e. The van der Waals surface area contributed by atoms with E-state index < -0.39 is 5.54 Å². The predicted octanol–water partition coefficient (Wildman–Crippen LogP) is 1.50. The van der Waals surface area contributed by atoms with Crippen molar-refractivity contribution in [1.82, 2.24) is 0 Å². The van der Waals surface area contributed by atoms with Gasteiger partial charge in [0.2, 0.25) is 5.75 Å². The zero-order valence-corrected chi connectivity index (χ0v) is 11.1. The molecule has 1 atom stereocenters. The van der Waals surface area contributed by atoms with Crippen LogP contribution < -0.4 is 19.9 Å². The molecule has 0 aliphatic carbocycles. The maximum atomic E-state index is 8.95. The summed E-state index contributed by atoms with van der Waals surface area (Å²) < 4.78 is 15.7. The molecule has 0 aliphatic heterocycles. The highest BCUT2D eigenvalue weighted by molar-refractivity contribution is 5.54. The van der Waals surface area contributed by atoms with Gasteiger partial charge < -0.3 is 19.9 Å². The normalized spacial score (nSPS) is 13.3. The van der Waals surface area contributed by atoms with Crippen molar-refractivity contribution in [3.63, 3.8) is 0 Å². The van der Waals surface area contributed by atoms with Gasteiger partial charge in [0.15, 0.2) is 11.5 Å². The number of hydrogen-bond acceptors (Lipinski definition) is 5. The quantitative estimate of drug-likeness (QED) is 0.856. The lowest BCUT2D eigenvalue weighted by Crippen LogP contribution is -2.36. The fourth-order valence-corrected chi connectivity index (χ4v) is 1.70. The van der Waals surface area contributed by atoms with Crippen molar-refractivity contribution in [1.29, 1.82) is 5.26 Å². The summed E-state index contributed by atoms with van der Waals surface area (Å²) in [6.07, 6.45) is 0.403. The molecular formula is C13H18N2O3. The molecule has 5 heteroatoms. The molecule has 0 radical (unpaired) electrons. The Kier molecular flexibility index (Phi) is 4.40. The van der Waals surface area contributed by atoms with Gasteiger partial charge in [0.05, 0.1) is 27.4 Å². The smallest absolute Gasteiger partial charge is 0.203 e. The van der Waals surface area contributed by atoms with Crippen LogP contribution in [-0.4, -0.2) is 26.9 Å². The first-order valence-electron chi connectivity index (χ1n) is 5.46. The molecule has 18 heavy (non-hydrogen) atoms. The Balaban J connectivity index is 3.20. The average molecular weight is 250 g/mol. The molecule has 0 aliphatic rings. The van der Waals surface area contributed by atoms with Gasteiger partial charge in [-0.25, -0.2) is 0 Å². The van der Waals surface area contributed by atoms with Gasteiger partial charge in [-0.1, -0.05) is 0 Å². The highest BCUT2D eigenvalue weighted by Gasteiger charge is 2.21. The monoisotopic (exact) mass is 250 g/mol. The molecule has 0 spiro atoms. The number of ether oxygens (including phenoxy) is 3. The highest BCUT2D eigenvalue weighted by atomic mass is 16.5. The lowest BCUT2D eigenvalue weighted by Gasteiger charge is -2.18. The van der Waals surface area contributed by atoms with Crippen molar-refractivity contribution in [2.75, 3.05) is 21.3 Å². The maximum Gasteiger partial charge on any atom is 0.203 e. The molecule has 98 valence electrons. The van der Waals surface area contributed by atoms with Crippen LogP contribution in [0.15, 0.2) is 12.1 Å². The van der Waals surface area contributed by atoms with Crippen molar-refractivity contribution in [2.45, 2.75) is 18.9 Å². The number of nitrogens with zero attached hydrogens (tertiary/aromatic N) is 1. The van der Waals surface area contributed by atoms with Gasteiger partial charge >= 0.3 is 0 Å². The van der Waals surface area contributed by atoms with Crippen molar-refractivity contribution in [3.8, 4) is 23.3 Å². The zero-order chi connectivity index (χ0) is 13.8. The summed E-state index contributed by atoms with van der Waals surface area (Å²) >= 11 is 0. The summed E-state index contributed by atoms with van der Waals surface area (Å²) in [5.74, 6) is 1.64. The van der Waals surface area contributed by atoms with E-state index in [1.807, 2.05) is 0 Å². The molecule has 0 bridgehead atoms. The number of benzene rings is 1. The van der Waals surface area contributed by atoms with E-state index in [0.29, 0.717) is 23.7 Å². The van der Waals surface area contributed by atoms with E-state index in [1.165, 1.54) is 0 Å². The zero-order valence-electron chi connectivity index (χ0n) is 11.1. The van der Waals surface area contributed by atoms with E-state index in [0.717, 1.165) is 5.56 Å². The van der Waals surface area contributed by atoms with Crippen LogP contribution in [0.3, 0.4) is 0 Å². The van der Waals surface area contributed by atoms with E-state index in [4.69, 9.17) is 25.2 Å². The SMILES string of the molecule is COc1cc(CC(C)(N)C#N)cc(OC)c1OC. The molecule has 1 rings (SSSR count). The second-order valence-corrected chi connectivity index (χ2v) is 4.24. The lowest BCUT2D eigenvalue weighted by atomic mass is 9.95. The van der Waals surface area contributed by atoms with E-state index in [9.17, 15) is 0 Å². The first-order chi connectivity index (χ1) is 8.47. The number of nitriles is 1. The predicted molar refractivity (Wildman–Crippen MR) is 68.0 cm³/mol. The highest BCUT2D eigenvalue weighted by Crippen LogP contribution is 2.38. The summed E-state index contributed by atoms with van der Waals surface area (Å²) in [5.41, 5.74) is 5.76. The minimum absolute atomic E-state index is 0.403. The molecule has 0 saturated carbocycles. The van der Waals surface area contributed by atoms with Crippen molar-refractivity contribution in [3.05, 3.63) is 17.7 Å². The second-order valence-electron chi connectivity index (χ2n) is 4.24. The van der Waals surface area contributed by atoms with Crippen LogP contribution in [0.4, 0.5) is 0 Å². The Hall–Kier alpha value is -1.93. The first kappa shape index (κ1) is 14.1. The number of nitrogens with two attached hydrogens (primary N) is 1. The largest absolute Gasteiger partial charge is 0.493 e.